The van der Waals surface area contributed by atoms with Crippen LogP contribution < -0.4 is 16.4 Å². The Labute approximate surface area is 247 Å². The van der Waals surface area contributed by atoms with Gasteiger partial charge in [0.05, 0.1) is 27.3 Å². The summed E-state index contributed by atoms with van der Waals surface area (Å²) in [6.07, 6.45) is 5.56. The molecule has 3 atom stereocenters. The van der Waals surface area contributed by atoms with E-state index in [1.807, 2.05) is 36.4 Å². The predicted molar refractivity (Wildman–Crippen MR) is 157 cm³/mol. The zero-order chi connectivity index (χ0) is 28.9. The Balaban J connectivity index is 1.34. The predicted octanol–water partition coefficient (Wildman–Crippen LogP) is 4.35. The largest absolute Gasteiger partial charge is 0.368 e. The van der Waals surface area contributed by atoms with Crippen LogP contribution in [0, 0.1) is 5.92 Å². The average Bonchev–Trinajstić information content (AvgIpc) is 3.63. The molecule has 0 aliphatic heterocycles. The van der Waals surface area contributed by atoms with Gasteiger partial charge in [0, 0.05) is 30.4 Å². The fraction of sp³-hybridized carbons (Fsp3) is 0.233. The normalized spacial score (nSPS) is 17.1. The van der Waals surface area contributed by atoms with Crippen LogP contribution in [0.5, 0.6) is 0 Å². The summed E-state index contributed by atoms with van der Waals surface area (Å²) in [4.78, 5) is 43.0. The van der Waals surface area contributed by atoms with E-state index in [1.54, 1.807) is 47.4 Å². The lowest BCUT2D eigenvalue weighted by atomic mass is 10.00. The highest BCUT2D eigenvalue weighted by molar-refractivity contribution is 6.42. The number of pyridine rings is 1. The van der Waals surface area contributed by atoms with Crippen molar-refractivity contribution >= 4 is 40.9 Å². The van der Waals surface area contributed by atoms with Crippen molar-refractivity contribution in [3.63, 3.8) is 0 Å². The first-order valence-corrected chi connectivity index (χ1v) is 14.0. The van der Waals surface area contributed by atoms with Gasteiger partial charge in [-0.2, -0.15) is 5.10 Å². The number of aromatic nitrogens is 3. The smallest absolute Gasteiger partial charge is 0.272 e. The Hall–Kier alpha value is -4.21. The second-order valence-electron chi connectivity index (χ2n) is 9.94. The van der Waals surface area contributed by atoms with Crippen molar-refractivity contribution in [2.45, 2.75) is 37.8 Å². The van der Waals surface area contributed by atoms with Crippen LogP contribution in [-0.2, 0) is 16.0 Å². The zero-order valence-corrected chi connectivity index (χ0v) is 23.5. The summed E-state index contributed by atoms with van der Waals surface area (Å²) >= 11 is 12.4. The molecule has 1 fully saturated rings. The number of rotatable bonds is 9. The van der Waals surface area contributed by atoms with Crippen LogP contribution in [0.2, 0.25) is 10.0 Å². The van der Waals surface area contributed by atoms with Gasteiger partial charge in [0.25, 0.3) is 5.91 Å². The van der Waals surface area contributed by atoms with E-state index in [-0.39, 0.29) is 18.0 Å². The minimum absolute atomic E-state index is 0.167. The minimum atomic E-state index is -0.856. The molecule has 1 aliphatic carbocycles. The van der Waals surface area contributed by atoms with Crippen LogP contribution in [-0.4, -0.2) is 44.6 Å². The minimum Gasteiger partial charge on any atom is -0.368 e. The number of nitrogens with one attached hydrogen (secondary N) is 2. The van der Waals surface area contributed by atoms with Crippen LogP contribution in [0.25, 0.3) is 16.9 Å². The van der Waals surface area contributed by atoms with Gasteiger partial charge in [-0.25, -0.2) is 4.68 Å². The van der Waals surface area contributed by atoms with Crippen LogP contribution in [0.1, 0.15) is 35.3 Å². The van der Waals surface area contributed by atoms with Crippen LogP contribution in [0.4, 0.5) is 0 Å². The molecule has 0 radical (unpaired) electrons. The average molecular weight is 591 g/mol. The van der Waals surface area contributed by atoms with Gasteiger partial charge in [-0.05, 0) is 54.8 Å². The number of nitrogens with two attached hydrogens (primary N) is 1. The van der Waals surface area contributed by atoms with Gasteiger partial charge in [-0.3, -0.25) is 19.4 Å². The van der Waals surface area contributed by atoms with E-state index < -0.39 is 29.8 Å². The first kappa shape index (κ1) is 28.3. The standard InChI is InChI=1S/C30H28Cl2N6O3/c31-22-12-11-20(15-23(22)32)38-27(19-8-5-13-34-17-19)16-26(37-38)30(41)35-24-10-4-9-21(24)29(40)36-25(28(33)39)14-18-6-2-1-3-7-18/h1-3,5-8,11-13,15-17,21,24-25H,4,9-10,14H2,(H2,33,39)(H,35,41)(H,36,40)/t21-,24+,25+/m1/s1. The molecule has 2 heterocycles. The maximum atomic E-state index is 13.4. The first-order valence-electron chi connectivity index (χ1n) is 13.2. The lowest BCUT2D eigenvalue weighted by molar-refractivity contribution is -0.130. The molecule has 0 saturated heterocycles. The van der Waals surface area contributed by atoms with Crippen molar-refractivity contribution in [1.82, 2.24) is 25.4 Å². The summed E-state index contributed by atoms with van der Waals surface area (Å²) in [7, 11) is 0. The molecule has 4 aromatic rings. The lowest BCUT2D eigenvalue weighted by Crippen LogP contribution is -2.51. The second kappa shape index (κ2) is 12.5. The molecule has 3 amide bonds. The van der Waals surface area contributed by atoms with Crippen molar-refractivity contribution in [1.29, 1.82) is 0 Å². The third-order valence-corrected chi connectivity index (χ3v) is 7.90. The number of carbonyl (C=O) groups excluding carboxylic acids is 3. The third kappa shape index (κ3) is 6.58. The van der Waals surface area contributed by atoms with Gasteiger partial charge in [-0.1, -0.05) is 60.0 Å². The van der Waals surface area contributed by atoms with Crippen molar-refractivity contribution in [3.05, 3.63) is 100 Å². The van der Waals surface area contributed by atoms with Gasteiger partial charge in [0.2, 0.25) is 11.8 Å². The molecule has 1 saturated carbocycles. The number of primary amides is 1. The molecule has 1 aliphatic rings. The maximum Gasteiger partial charge on any atom is 0.272 e. The van der Waals surface area contributed by atoms with E-state index >= 15 is 0 Å². The van der Waals surface area contributed by atoms with Gasteiger partial charge in [0.15, 0.2) is 5.69 Å². The summed E-state index contributed by atoms with van der Waals surface area (Å²) in [5, 5.41) is 11.1. The van der Waals surface area contributed by atoms with Gasteiger partial charge < -0.3 is 16.4 Å². The number of hydrogen-bond donors (Lipinski definition) is 3. The fourth-order valence-electron chi connectivity index (χ4n) is 5.07. The van der Waals surface area contributed by atoms with E-state index in [2.05, 4.69) is 20.7 Å². The van der Waals surface area contributed by atoms with E-state index in [4.69, 9.17) is 28.9 Å². The fourth-order valence-corrected chi connectivity index (χ4v) is 5.36. The number of hydrogen-bond acceptors (Lipinski definition) is 5. The molecule has 2 aromatic carbocycles. The number of carbonyl (C=O) groups is 3. The molecule has 5 rings (SSSR count). The molecule has 210 valence electrons. The lowest BCUT2D eigenvalue weighted by Gasteiger charge is -2.23. The Bertz CT molecular complexity index is 1560. The topological polar surface area (TPSA) is 132 Å². The SMILES string of the molecule is NC(=O)[C@H](Cc1ccccc1)NC(=O)[C@@H]1CCC[C@@H]1NC(=O)c1cc(-c2cccnc2)n(-c2ccc(Cl)c(Cl)c2)n1. The van der Waals surface area contributed by atoms with E-state index in [9.17, 15) is 14.4 Å². The molecule has 2 aromatic heterocycles. The Morgan fingerprint density at radius 2 is 1.80 bits per heavy atom. The molecule has 0 unspecified atom stereocenters. The molecular formula is C30H28Cl2N6O3. The molecule has 0 bridgehead atoms. The van der Waals surface area contributed by atoms with E-state index in [0.717, 1.165) is 17.5 Å². The van der Waals surface area contributed by atoms with Crippen molar-refractivity contribution in [2.75, 3.05) is 0 Å². The molecule has 11 heteroatoms. The molecule has 4 N–H and O–H groups in total. The zero-order valence-electron chi connectivity index (χ0n) is 22.0. The monoisotopic (exact) mass is 590 g/mol. The third-order valence-electron chi connectivity index (χ3n) is 7.16. The van der Waals surface area contributed by atoms with Crippen molar-refractivity contribution < 1.29 is 14.4 Å². The van der Waals surface area contributed by atoms with Crippen LogP contribution in [0.15, 0.2) is 79.1 Å². The maximum absolute atomic E-state index is 13.4. The van der Waals surface area contributed by atoms with Crippen LogP contribution >= 0.6 is 23.2 Å². The van der Waals surface area contributed by atoms with Crippen molar-refractivity contribution in [2.24, 2.45) is 11.7 Å². The van der Waals surface area contributed by atoms with Crippen molar-refractivity contribution in [3.8, 4) is 16.9 Å². The summed E-state index contributed by atoms with van der Waals surface area (Å²) in [5.74, 6) is -1.86. The highest BCUT2D eigenvalue weighted by Gasteiger charge is 2.36. The number of nitrogens with zero attached hydrogens (tertiary/aromatic N) is 3. The summed E-state index contributed by atoms with van der Waals surface area (Å²) < 4.78 is 1.61. The van der Waals surface area contributed by atoms with Gasteiger partial charge in [0.1, 0.15) is 6.04 Å². The number of amides is 3. The molecular weight excluding hydrogens is 563 g/mol. The van der Waals surface area contributed by atoms with E-state index in [0.29, 0.717) is 34.3 Å². The number of halogens is 2. The highest BCUT2D eigenvalue weighted by Crippen LogP contribution is 2.30. The molecule has 9 nitrogen and oxygen atoms in total. The van der Waals surface area contributed by atoms with Crippen LogP contribution in [0.3, 0.4) is 0 Å². The van der Waals surface area contributed by atoms with E-state index in [1.165, 1.54) is 0 Å². The summed E-state index contributed by atoms with van der Waals surface area (Å²) in [5.41, 5.74) is 8.65. The molecule has 41 heavy (non-hydrogen) atoms. The highest BCUT2D eigenvalue weighted by atomic mass is 35.5. The van der Waals surface area contributed by atoms with Gasteiger partial charge >= 0.3 is 0 Å². The Morgan fingerprint density at radius 3 is 2.51 bits per heavy atom. The summed E-state index contributed by atoms with van der Waals surface area (Å²) in [6.45, 7) is 0. The molecule has 0 spiro atoms. The quantitative estimate of drug-likeness (QED) is 0.266. The Kier molecular flexibility index (Phi) is 8.66. The summed E-state index contributed by atoms with van der Waals surface area (Å²) in [6, 6.07) is 18.5. The first-order chi connectivity index (χ1) is 19.8. The Morgan fingerprint density at radius 1 is 1.00 bits per heavy atom. The van der Waals surface area contributed by atoms with Gasteiger partial charge in [-0.15, -0.1) is 0 Å². The second-order valence-corrected chi connectivity index (χ2v) is 10.8. The number of benzene rings is 2.